The Hall–Kier alpha value is -3.91. The Bertz CT molecular complexity index is 1970. The molecular weight excluding hydrogens is 863 g/mol. The molecule has 0 atom stereocenters. The molecule has 0 heterocycles. The molecule has 0 unspecified atom stereocenters. The van der Waals surface area contributed by atoms with Gasteiger partial charge in [0.05, 0.1) is 36.8 Å². The Kier molecular flexibility index (Phi) is 15.3. The number of anilines is 2. The molecule has 4 rings (SSSR count). The van der Waals surface area contributed by atoms with E-state index in [1.165, 1.54) is 12.1 Å². The predicted octanol–water partition coefficient (Wildman–Crippen LogP) is 9.87. The Morgan fingerprint density at radius 1 is 0.717 bits per heavy atom. The quantitative estimate of drug-likeness (QED) is 0.0753. The van der Waals surface area contributed by atoms with E-state index >= 15 is 0 Å². The van der Waals surface area contributed by atoms with Crippen LogP contribution in [0.1, 0.15) is 58.4 Å². The monoisotopic (exact) mass is 897 g/mol. The first kappa shape index (κ1) is 41.8. The lowest BCUT2D eigenvalue weighted by Gasteiger charge is -2.15. The van der Waals surface area contributed by atoms with Gasteiger partial charge in [-0.05, 0) is 131 Å². The van der Waals surface area contributed by atoms with Crippen LogP contribution in [0.4, 0.5) is 20.2 Å². The zero-order valence-electron chi connectivity index (χ0n) is 29.3. The van der Waals surface area contributed by atoms with Crippen molar-refractivity contribution in [3.63, 3.8) is 0 Å². The molecule has 0 radical (unpaired) electrons. The van der Waals surface area contributed by atoms with E-state index in [1.807, 2.05) is 27.7 Å². The molecule has 0 aliphatic heterocycles. The number of carbonyl (C=O) groups excluding carboxylic acids is 3. The van der Waals surface area contributed by atoms with Crippen molar-refractivity contribution in [1.29, 1.82) is 0 Å². The van der Waals surface area contributed by atoms with Crippen molar-refractivity contribution >= 4 is 84.3 Å². The number of amides is 1. The average molecular weight is 900 g/mol. The minimum atomic E-state index is -0.959. The molecule has 9 nitrogen and oxygen atoms in total. The third kappa shape index (κ3) is 11.5. The molecular formula is C38H37Br2Cl2F2N3O6. The summed E-state index contributed by atoms with van der Waals surface area (Å²) >= 11 is 19.6. The average Bonchev–Trinajstić information content (AvgIpc) is 3.09. The van der Waals surface area contributed by atoms with Gasteiger partial charge in [0.15, 0.2) is 17.4 Å². The van der Waals surface area contributed by atoms with E-state index in [9.17, 15) is 23.2 Å². The van der Waals surface area contributed by atoms with Gasteiger partial charge in [0, 0.05) is 29.8 Å². The summed E-state index contributed by atoms with van der Waals surface area (Å²) in [6.07, 6.45) is -0.0426. The Morgan fingerprint density at radius 3 is 1.70 bits per heavy atom. The molecule has 53 heavy (non-hydrogen) atoms. The number of halogens is 6. The van der Waals surface area contributed by atoms with Crippen LogP contribution in [0.25, 0.3) is 0 Å². The smallest absolute Gasteiger partial charge is 0.333 e. The van der Waals surface area contributed by atoms with Gasteiger partial charge in [-0.3, -0.25) is 9.59 Å². The van der Waals surface area contributed by atoms with E-state index < -0.39 is 36.0 Å². The van der Waals surface area contributed by atoms with Gasteiger partial charge < -0.3 is 30.2 Å². The summed E-state index contributed by atoms with van der Waals surface area (Å²) in [5.41, 5.74) is 3.92. The number of rotatable bonds is 16. The van der Waals surface area contributed by atoms with Gasteiger partial charge in [-0.1, -0.05) is 23.2 Å². The predicted molar refractivity (Wildman–Crippen MR) is 209 cm³/mol. The Labute approximate surface area is 333 Å². The lowest BCUT2D eigenvalue weighted by Crippen LogP contribution is -2.31. The molecule has 0 aliphatic rings. The molecule has 1 amide bonds. The SMILES string of the molecule is CCNc1cc(C)cc(COc2c(Cl)cc(CCC(=O)OC(=O)CNC(=O)c3cc(Br)c(OCc4cc(C)cc(NCC)c4F)c(Br)c3)cc2Cl)c1F. The van der Waals surface area contributed by atoms with Gasteiger partial charge in [-0.15, -0.1) is 0 Å². The highest BCUT2D eigenvalue weighted by Crippen LogP contribution is 2.37. The van der Waals surface area contributed by atoms with Crippen molar-refractivity contribution in [1.82, 2.24) is 5.32 Å². The molecule has 0 spiro atoms. The topological polar surface area (TPSA) is 115 Å². The number of aryl methyl sites for hydroxylation is 3. The van der Waals surface area contributed by atoms with Gasteiger partial charge in [-0.25, -0.2) is 13.6 Å². The maximum absolute atomic E-state index is 14.9. The number of nitrogens with one attached hydrogen (secondary N) is 3. The highest BCUT2D eigenvalue weighted by Gasteiger charge is 2.19. The van der Waals surface area contributed by atoms with Crippen LogP contribution in [-0.4, -0.2) is 37.5 Å². The van der Waals surface area contributed by atoms with Crippen LogP contribution in [0.3, 0.4) is 0 Å². The largest absolute Gasteiger partial charge is 0.486 e. The molecule has 0 fully saturated rings. The highest BCUT2D eigenvalue weighted by molar-refractivity contribution is 9.11. The maximum Gasteiger partial charge on any atom is 0.333 e. The Balaban J connectivity index is 1.26. The second kappa shape index (κ2) is 19.4. The van der Waals surface area contributed by atoms with Gasteiger partial charge in [0.1, 0.15) is 25.5 Å². The first-order valence-corrected chi connectivity index (χ1v) is 18.8. The number of hydrogen-bond donors (Lipinski definition) is 3. The molecule has 0 bridgehead atoms. The van der Waals surface area contributed by atoms with Gasteiger partial charge >= 0.3 is 11.9 Å². The third-order valence-electron chi connectivity index (χ3n) is 7.62. The molecule has 0 saturated carbocycles. The van der Waals surface area contributed by atoms with Crippen molar-refractivity contribution < 1.29 is 37.4 Å². The molecule has 4 aromatic rings. The second-order valence-electron chi connectivity index (χ2n) is 11.9. The van der Waals surface area contributed by atoms with Crippen LogP contribution in [0, 0.1) is 25.5 Å². The summed E-state index contributed by atoms with van der Waals surface area (Å²) in [7, 11) is 0. The third-order valence-corrected chi connectivity index (χ3v) is 9.36. The van der Waals surface area contributed by atoms with Gasteiger partial charge in [0.2, 0.25) is 0 Å². The minimum absolute atomic E-state index is 0.0662. The maximum atomic E-state index is 14.9. The van der Waals surface area contributed by atoms with E-state index in [0.29, 0.717) is 55.8 Å². The Morgan fingerprint density at radius 2 is 1.21 bits per heavy atom. The van der Waals surface area contributed by atoms with Crippen LogP contribution in [0.15, 0.2) is 57.5 Å². The lowest BCUT2D eigenvalue weighted by molar-refractivity contribution is -0.158. The molecule has 0 aliphatic carbocycles. The van der Waals surface area contributed by atoms with Gasteiger partial charge in [0.25, 0.3) is 5.91 Å². The molecule has 15 heteroatoms. The van der Waals surface area contributed by atoms with E-state index in [-0.39, 0.29) is 47.4 Å². The lowest BCUT2D eigenvalue weighted by atomic mass is 10.1. The zero-order chi connectivity index (χ0) is 38.8. The fraction of sp³-hybridized carbons (Fsp3) is 0.289. The molecule has 282 valence electrons. The highest BCUT2D eigenvalue weighted by atomic mass is 79.9. The number of benzene rings is 4. The summed E-state index contributed by atoms with van der Waals surface area (Å²) in [5, 5.41) is 8.72. The van der Waals surface area contributed by atoms with Crippen LogP contribution in [0.2, 0.25) is 10.0 Å². The number of esters is 2. The van der Waals surface area contributed by atoms with Crippen molar-refractivity contribution in [2.75, 3.05) is 30.3 Å². The van der Waals surface area contributed by atoms with Crippen LogP contribution >= 0.6 is 55.1 Å². The standard InChI is InChI=1S/C38H37Br2Cl2F2N3O6/c1-5-45-30-11-20(3)9-24(34(30)43)18-51-36-26(39)15-23(16-27(36)40)38(50)47-17-33(49)53-32(48)8-7-22-13-28(41)37(29(42)14-22)52-19-25-10-21(4)12-31(35(25)44)46-6-2/h9-16,45-46H,5-8,17-19H2,1-4H3,(H,47,50). The second-order valence-corrected chi connectivity index (χ2v) is 14.4. The van der Waals surface area contributed by atoms with E-state index in [1.54, 1.807) is 36.4 Å². The molecule has 4 aromatic carbocycles. The zero-order valence-corrected chi connectivity index (χ0v) is 34.0. The van der Waals surface area contributed by atoms with Gasteiger partial charge in [-0.2, -0.15) is 0 Å². The first-order valence-electron chi connectivity index (χ1n) is 16.5. The van der Waals surface area contributed by atoms with Crippen molar-refractivity contribution in [3.05, 3.63) is 113 Å². The normalized spacial score (nSPS) is 10.8. The summed E-state index contributed by atoms with van der Waals surface area (Å²) in [4.78, 5) is 37.6. The fourth-order valence-corrected chi connectivity index (χ4v) is 7.33. The summed E-state index contributed by atoms with van der Waals surface area (Å²) in [5.74, 6) is -2.73. The van der Waals surface area contributed by atoms with Crippen molar-refractivity contribution in [3.8, 4) is 11.5 Å². The van der Waals surface area contributed by atoms with E-state index in [0.717, 1.165) is 11.1 Å². The number of carbonyl (C=O) groups is 3. The van der Waals surface area contributed by atoms with E-state index in [2.05, 4.69) is 47.8 Å². The molecule has 0 aromatic heterocycles. The van der Waals surface area contributed by atoms with Crippen LogP contribution < -0.4 is 25.4 Å². The number of ether oxygens (including phenoxy) is 3. The van der Waals surface area contributed by atoms with Crippen LogP contribution in [-0.2, 0) is 34.0 Å². The summed E-state index contributed by atoms with van der Waals surface area (Å²) in [6, 6.07) is 12.9. The fourth-order valence-electron chi connectivity index (χ4n) is 5.27. The molecule has 0 saturated heterocycles. The van der Waals surface area contributed by atoms with E-state index in [4.69, 9.17) is 37.4 Å². The van der Waals surface area contributed by atoms with Crippen molar-refractivity contribution in [2.45, 2.75) is 53.8 Å². The summed E-state index contributed by atoms with van der Waals surface area (Å²) in [6.45, 7) is 7.83. The minimum Gasteiger partial charge on any atom is -0.486 e. The van der Waals surface area contributed by atoms with Crippen LogP contribution in [0.5, 0.6) is 11.5 Å². The molecule has 3 N–H and O–H groups in total. The summed E-state index contributed by atoms with van der Waals surface area (Å²) < 4.78 is 47.1. The number of hydrogen-bond acceptors (Lipinski definition) is 8. The van der Waals surface area contributed by atoms with Crippen molar-refractivity contribution in [2.24, 2.45) is 0 Å². The first-order chi connectivity index (χ1) is 25.2.